The van der Waals surface area contributed by atoms with Gasteiger partial charge in [-0.3, -0.25) is 9.59 Å². The molecule has 0 bridgehead atoms. The van der Waals surface area contributed by atoms with Crippen LogP contribution in [0, 0.1) is 0 Å². The molecule has 0 radical (unpaired) electrons. The van der Waals surface area contributed by atoms with Gasteiger partial charge in [-0.05, 0) is 48.0 Å². The summed E-state index contributed by atoms with van der Waals surface area (Å²) in [4.78, 5) is 28.5. The molecule has 3 aromatic rings. The summed E-state index contributed by atoms with van der Waals surface area (Å²) >= 11 is 7.50. The second-order valence-electron chi connectivity index (χ2n) is 5.90. The van der Waals surface area contributed by atoms with Crippen LogP contribution < -0.4 is 10.6 Å². The van der Waals surface area contributed by atoms with Crippen LogP contribution in [0.3, 0.4) is 0 Å². The Labute approximate surface area is 172 Å². The number of carbonyl (C=O) groups excluding carboxylic acids is 2. The number of benzene rings is 2. The molecule has 2 N–H and O–H groups in total. The van der Waals surface area contributed by atoms with Crippen LogP contribution in [0.1, 0.15) is 15.9 Å². The Morgan fingerprint density at radius 2 is 1.86 bits per heavy atom. The molecule has 7 heteroatoms. The van der Waals surface area contributed by atoms with E-state index in [-0.39, 0.29) is 18.4 Å². The van der Waals surface area contributed by atoms with Crippen molar-refractivity contribution in [2.45, 2.75) is 10.8 Å². The minimum atomic E-state index is -0.349. The molecule has 0 spiro atoms. The van der Waals surface area contributed by atoms with Crippen molar-refractivity contribution >= 4 is 40.9 Å². The van der Waals surface area contributed by atoms with Crippen molar-refractivity contribution in [3.63, 3.8) is 0 Å². The molecular weight excluding hydrogens is 394 g/mol. The molecule has 0 atom stereocenters. The predicted octanol–water partition coefficient (Wildman–Crippen LogP) is 4.40. The lowest BCUT2D eigenvalue weighted by atomic mass is 10.2. The van der Waals surface area contributed by atoms with Crippen molar-refractivity contribution in [1.82, 2.24) is 10.3 Å². The van der Waals surface area contributed by atoms with Gasteiger partial charge in [0.05, 0.1) is 11.6 Å². The maximum absolute atomic E-state index is 12.1. The van der Waals surface area contributed by atoms with E-state index in [1.165, 1.54) is 0 Å². The number of pyridine rings is 1. The maximum atomic E-state index is 12.1. The molecule has 2 amide bonds. The number of nitrogens with one attached hydrogen (secondary N) is 2. The van der Waals surface area contributed by atoms with Crippen molar-refractivity contribution in [3.8, 4) is 0 Å². The van der Waals surface area contributed by atoms with Crippen molar-refractivity contribution in [2.24, 2.45) is 0 Å². The molecular formula is C21H18ClN3O2S. The van der Waals surface area contributed by atoms with Gasteiger partial charge in [-0.2, -0.15) is 0 Å². The fraction of sp³-hybridized carbons (Fsp3) is 0.0952. The molecule has 3 rings (SSSR count). The van der Waals surface area contributed by atoms with Crippen LogP contribution in [0.2, 0.25) is 5.02 Å². The van der Waals surface area contributed by atoms with Gasteiger partial charge in [-0.1, -0.05) is 35.9 Å². The summed E-state index contributed by atoms with van der Waals surface area (Å²) in [5.74, 6) is 0.0924. The Morgan fingerprint density at radius 1 is 1.00 bits per heavy atom. The molecule has 0 saturated heterocycles. The Kier molecular flexibility index (Phi) is 7.06. The van der Waals surface area contributed by atoms with Gasteiger partial charge >= 0.3 is 0 Å². The molecule has 0 aliphatic rings. The SMILES string of the molecule is O=C(CNC(=O)c1cccc(Cl)c1)Nc1cccc(CSc2ccccn2)c1. The number of halogens is 1. The van der Waals surface area contributed by atoms with Crippen LogP contribution in [0.5, 0.6) is 0 Å². The zero-order valence-electron chi connectivity index (χ0n) is 14.9. The van der Waals surface area contributed by atoms with Crippen LogP contribution in [-0.4, -0.2) is 23.3 Å². The normalized spacial score (nSPS) is 10.3. The quantitative estimate of drug-likeness (QED) is 0.565. The first-order valence-corrected chi connectivity index (χ1v) is 9.93. The molecule has 0 unspecified atom stereocenters. The molecule has 28 heavy (non-hydrogen) atoms. The third kappa shape index (κ3) is 6.11. The number of amides is 2. The number of carbonyl (C=O) groups is 2. The minimum absolute atomic E-state index is 0.127. The number of hydrogen-bond donors (Lipinski definition) is 2. The highest BCUT2D eigenvalue weighted by Crippen LogP contribution is 2.22. The predicted molar refractivity (Wildman–Crippen MR) is 113 cm³/mol. The van der Waals surface area contributed by atoms with Gasteiger partial charge in [0.15, 0.2) is 0 Å². The first kappa shape index (κ1) is 19.9. The van der Waals surface area contributed by atoms with Crippen molar-refractivity contribution in [2.75, 3.05) is 11.9 Å². The smallest absolute Gasteiger partial charge is 0.251 e. The van der Waals surface area contributed by atoms with E-state index in [1.54, 1.807) is 42.2 Å². The van der Waals surface area contributed by atoms with Crippen LogP contribution in [0.25, 0.3) is 0 Å². The summed E-state index contributed by atoms with van der Waals surface area (Å²) < 4.78 is 0. The lowest BCUT2D eigenvalue weighted by molar-refractivity contribution is -0.115. The highest BCUT2D eigenvalue weighted by Gasteiger charge is 2.09. The van der Waals surface area contributed by atoms with Gasteiger partial charge in [0, 0.05) is 28.2 Å². The zero-order chi connectivity index (χ0) is 19.8. The first-order chi connectivity index (χ1) is 13.6. The number of rotatable bonds is 7. The molecule has 1 aromatic heterocycles. The van der Waals surface area contributed by atoms with Crippen molar-refractivity contribution in [3.05, 3.63) is 89.1 Å². The molecule has 0 aliphatic heterocycles. The second kappa shape index (κ2) is 9.92. The Bertz CT molecular complexity index is 967. The van der Waals surface area contributed by atoms with E-state index in [9.17, 15) is 9.59 Å². The van der Waals surface area contributed by atoms with Gasteiger partial charge in [0.1, 0.15) is 0 Å². The average molecular weight is 412 g/mol. The number of anilines is 1. The van der Waals surface area contributed by atoms with E-state index in [0.29, 0.717) is 16.3 Å². The van der Waals surface area contributed by atoms with Gasteiger partial charge in [0.2, 0.25) is 5.91 Å². The molecule has 0 fully saturated rings. The number of nitrogens with zero attached hydrogens (tertiary/aromatic N) is 1. The fourth-order valence-corrected chi connectivity index (χ4v) is 3.42. The van der Waals surface area contributed by atoms with Gasteiger partial charge in [-0.15, -0.1) is 11.8 Å². The third-order valence-corrected chi connectivity index (χ3v) is 4.98. The number of thioether (sulfide) groups is 1. The summed E-state index contributed by atoms with van der Waals surface area (Å²) in [6, 6.07) is 19.9. The first-order valence-electron chi connectivity index (χ1n) is 8.56. The molecule has 0 saturated carbocycles. The molecule has 1 heterocycles. The monoisotopic (exact) mass is 411 g/mol. The summed E-state index contributed by atoms with van der Waals surface area (Å²) in [5, 5.41) is 6.79. The maximum Gasteiger partial charge on any atom is 0.251 e. The van der Waals surface area contributed by atoms with Gasteiger partial charge in [-0.25, -0.2) is 4.98 Å². The number of aromatic nitrogens is 1. The highest BCUT2D eigenvalue weighted by molar-refractivity contribution is 7.98. The van der Waals surface area contributed by atoms with E-state index in [0.717, 1.165) is 16.3 Å². The summed E-state index contributed by atoms with van der Waals surface area (Å²) in [6.45, 7) is -0.127. The highest BCUT2D eigenvalue weighted by atomic mass is 35.5. The van der Waals surface area contributed by atoms with E-state index in [1.807, 2.05) is 42.5 Å². The third-order valence-electron chi connectivity index (χ3n) is 3.73. The van der Waals surface area contributed by atoms with Crippen molar-refractivity contribution < 1.29 is 9.59 Å². The Hall–Kier alpha value is -2.83. The molecule has 2 aromatic carbocycles. The summed E-state index contributed by atoms with van der Waals surface area (Å²) in [7, 11) is 0. The van der Waals surface area contributed by atoms with E-state index >= 15 is 0 Å². The topological polar surface area (TPSA) is 71.1 Å². The van der Waals surface area contributed by atoms with E-state index < -0.39 is 0 Å². The van der Waals surface area contributed by atoms with E-state index in [2.05, 4.69) is 15.6 Å². The van der Waals surface area contributed by atoms with Crippen LogP contribution in [-0.2, 0) is 10.5 Å². The lowest BCUT2D eigenvalue weighted by Crippen LogP contribution is -2.32. The van der Waals surface area contributed by atoms with Crippen LogP contribution in [0.4, 0.5) is 5.69 Å². The minimum Gasteiger partial charge on any atom is -0.343 e. The lowest BCUT2D eigenvalue weighted by Gasteiger charge is -2.09. The Balaban J connectivity index is 1.50. The van der Waals surface area contributed by atoms with E-state index in [4.69, 9.17) is 11.6 Å². The molecule has 142 valence electrons. The van der Waals surface area contributed by atoms with Crippen molar-refractivity contribution in [1.29, 1.82) is 0 Å². The molecule has 0 aliphatic carbocycles. The Morgan fingerprint density at radius 3 is 2.64 bits per heavy atom. The van der Waals surface area contributed by atoms with Crippen LogP contribution in [0.15, 0.2) is 78.0 Å². The van der Waals surface area contributed by atoms with Gasteiger partial charge in [0.25, 0.3) is 5.91 Å². The largest absolute Gasteiger partial charge is 0.343 e. The standard InChI is InChI=1S/C21H18ClN3O2S/c22-17-7-4-6-16(12-17)21(27)24-13-19(26)25-18-8-3-5-15(11-18)14-28-20-9-1-2-10-23-20/h1-12H,13-14H2,(H,24,27)(H,25,26). The fourth-order valence-electron chi connectivity index (χ4n) is 2.43. The van der Waals surface area contributed by atoms with Crippen LogP contribution >= 0.6 is 23.4 Å². The summed E-state index contributed by atoms with van der Waals surface area (Å²) in [6.07, 6.45) is 1.76. The second-order valence-corrected chi connectivity index (χ2v) is 7.33. The average Bonchev–Trinajstić information content (AvgIpc) is 2.71. The summed E-state index contributed by atoms with van der Waals surface area (Å²) in [5.41, 5.74) is 2.16. The van der Waals surface area contributed by atoms with Gasteiger partial charge < -0.3 is 10.6 Å². The molecule has 5 nitrogen and oxygen atoms in total. The number of hydrogen-bond acceptors (Lipinski definition) is 4. The zero-order valence-corrected chi connectivity index (χ0v) is 16.5.